The molecule has 0 aromatic carbocycles. The average molecular weight is 224 g/mol. The third-order valence-electron chi connectivity index (χ3n) is 2.42. The summed E-state index contributed by atoms with van der Waals surface area (Å²) in [6.07, 6.45) is 3.95. The summed E-state index contributed by atoms with van der Waals surface area (Å²) in [4.78, 5) is 0. The van der Waals surface area contributed by atoms with Crippen LogP contribution in [0.3, 0.4) is 0 Å². The summed E-state index contributed by atoms with van der Waals surface area (Å²) in [5.41, 5.74) is 1.23. The molecular weight excluding hydrogens is 200 g/mol. The number of hydrogen-bond acceptors (Lipinski definition) is 3. The fourth-order valence-corrected chi connectivity index (χ4v) is 1.52. The summed E-state index contributed by atoms with van der Waals surface area (Å²) in [5, 5.41) is 11.1. The van der Waals surface area contributed by atoms with E-state index < -0.39 is 0 Å². The van der Waals surface area contributed by atoms with Crippen molar-refractivity contribution in [2.45, 2.75) is 33.4 Å². The van der Waals surface area contributed by atoms with E-state index in [1.807, 2.05) is 24.1 Å². The Bertz CT molecular complexity index is 293. The summed E-state index contributed by atoms with van der Waals surface area (Å²) in [6.45, 7) is 9.63. The number of nitrogens with zero attached hydrogens (tertiary/aromatic N) is 2. The Hall–Kier alpha value is -0.870. The molecule has 1 atom stereocenters. The van der Waals surface area contributed by atoms with Crippen LogP contribution in [0.25, 0.3) is 0 Å². The van der Waals surface area contributed by atoms with Crippen LogP contribution in [0.15, 0.2) is 12.4 Å². The summed E-state index contributed by atoms with van der Waals surface area (Å²) in [5.74, 6) is 0.713. The maximum atomic E-state index is 4.14. The molecule has 4 nitrogen and oxygen atoms in total. The highest BCUT2D eigenvalue weighted by molar-refractivity contribution is 5.02. The Kier molecular flexibility index (Phi) is 5.49. The minimum Gasteiger partial charge on any atom is -0.315 e. The van der Waals surface area contributed by atoms with Crippen molar-refractivity contribution in [3.63, 3.8) is 0 Å². The SMILES string of the molecule is CC(C)CNCC(C)NCc1cnn(C)c1. The highest BCUT2D eigenvalue weighted by atomic mass is 15.2. The van der Waals surface area contributed by atoms with Gasteiger partial charge in [0.2, 0.25) is 0 Å². The lowest BCUT2D eigenvalue weighted by Crippen LogP contribution is -2.37. The van der Waals surface area contributed by atoms with Gasteiger partial charge in [-0.15, -0.1) is 0 Å². The Morgan fingerprint density at radius 3 is 2.62 bits per heavy atom. The lowest BCUT2D eigenvalue weighted by molar-refractivity contribution is 0.472. The van der Waals surface area contributed by atoms with Gasteiger partial charge in [-0.1, -0.05) is 13.8 Å². The summed E-state index contributed by atoms with van der Waals surface area (Å²) >= 11 is 0. The van der Waals surface area contributed by atoms with Crippen molar-refractivity contribution >= 4 is 0 Å². The first-order valence-electron chi connectivity index (χ1n) is 5.99. The molecule has 0 aliphatic rings. The van der Waals surface area contributed by atoms with E-state index in [-0.39, 0.29) is 0 Å². The van der Waals surface area contributed by atoms with Crippen molar-refractivity contribution in [1.29, 1.82) is 0 Å². The highest BCUT2D eigenvalue weighted by Crippen LogP contribution is 1.96. The largest absolute Gasteiger partial charge is 0.315 e. The Morgan fingerprint density at radius 1 is 1.31 bits per heavy atom. The van der Waals surface area contributed by atoms with Crippen LogP contribution in [-0.4, -0.2) is 28.9 Å². The van der Waals surface area contributed by atoms with Crippen LogP contribution in [0.1, 0.15) is 26.3 Å². The zero-order valence-electron chi connectivity index (χ0n) is 10.8. The summed E-state index contributed by atoms with van der Waals surface area (Å²) < 4.78 is 1.83. The van der Waals surface area contributed by atoms with E-state index in [1.54, 1.807) is 0 Å². The van der Waals surface area contributed by atoms with Crippen molar-refractivity contribution in [1.82, 2.24) is 20.4 Å². The average Bonchev–Trinajstić information content (AvgIpc) is 2.61. The molecule has 0 aliphatic heterocycles. The normalized spacial score (nSPS) is 13.3. The zero-order valence-corrected chi connectivity index (χ0v) is 10.8. The van der Waals surface area contributed by atoms with E-state index in [9.17, 15) is 0 Å². The smallest absolute Gasteiger partial charge is 0.0534 e. The van der Waals surface area contributed by atoms with Gasteiger partial charge >= 0.3 is 0 Å². The van der Waals surface area contributed by atoms with Crippen LogP contribution in [-0.2, 0) is 13.6 Å². The number of hydrogen-bond donors (Lipinski definition) is 2. The second-order valence-corrected chi connectivity index (χ2v) is 4.86. The van der Waals surface area contributed by atoms with Gasteiger partial charge in [0, 0.05) is 37.9 Å². The molecule has 0 saturated heterocycles. The molecule has 1 heterocycles. The number of aryl methyl sites for hydroxylation is 1. The molecule has 4 heteroatoms. The van der Waals surface area contributed by atoms with Crippen LogP contribution in [0, 0.1) is 5.92 Å². The molecule has 0 aliphatic carbocycles. The maximum Gasteiger partial charge on any atom is 0.0534 e. The van der Waals surface area contributed by atoms with Crippen molar-refractivity contribution in [2.24, 2.45) is 13.0 Å². The molecule has 0 amide bonds. The molecule has 1 aromatic heterocycles. The second-order valence-electron chi connectivity index (χ2n) is 4.86. The van der Waals surface area contributed by atoms with Crippen molar-refractivity contribution in [2.75, 3.05) is 13.1 Å². The van der Waals surface area contributed by atoms with Gasteiger partial charge in [0.25, 0.3) is 0 Å². The van der Waals surface area contributed by atoms with Crippen LogP contribution < -0.4 is 10.6 Å². The second kappa shape index (κ2) is 6.66. The summed E-state index contributed by atoms with van der Waals surface area (Å²) in [6, 6.07) is 0.485. The molecule has 0 radical (unpaired) electrons. The van der Waals surface area contributed by atoms with Crippen LogP contribution >= 0.6 is 0 Å². The number of rotatable bonds is 7. The first kappa shape index (κ1) is 13.2. The van der Waals surface area contributed by atoms with Gasteiger partial charge in [-0.2, -0.15) is 5.10 Å². The van der Waals surface area contributed by atoms with Crippen molar-refractivity contribution in [3.05, 3.63) is 18.0 Å². The van der Waals surface area contributed by atoms with Gasteiger partial charge in [-0.05, 0) is 19.4 Å². The monoisotopic (exact) mass is 224 g/mol. The van der Waals surface area contributed by atoms with Gasteiger partial charge < -0.3 is 10.6 Å². The predicted molar refractivity (Wildman–Crippen MR) is 67.2 cm³/mol. The van der Waals surface area contributed by atoms with Crippen molar-refractivity contribution in [3.8, 4) is 0 Å². The molecule has 0 saturated carbocycles. The van der Waals surface area contributed by atoms with E-state index in [1.165, 1.54) is 5.56 Å². The minimum absolute atomic E-state index is 0.485. The van der Waals surface area contributed by atoms with E-state index in [0.717, 1.165) is 19.6 Å². The standard InChI is InChI=1S/C12H24N4/c1-10(2)5-13-6-11(3)14-7-12-8-15-16(4)9-12/h8-11,13-14H,5-7H2,1-4H3. The maximum absolute atomic E-state index is 4.14. The molecule has 1 rings (SSSR count). The third kappa shape index (κ3) is 5.28. The van der Waals surface area contributed by atoms with E-state index in [2.05, 4.69) is 36.5 Å². The zero-order chi connectivity index (χ0) is 12.0. The fraction of sp³-hybridized carbons (Fsp3) is 0.750. The van der Waals surface area contributed by atoms with E-state index in [4.69, 9.17) is 0 Å². The quantitative estimate of drug-likeness (QED) is 0.730. The third-order valence-corrected chi connectivity index (χ3v) is 2.42. The molecule has 0 bridgehead atoms. The number of aromatic nitrogens is 2. The topological polar surface area (TPSA) is 41.9 Å². The predicted octanol–water partition coefficient (Wildman–Crippen LogP) is 1.14. The Balaban J connectivity index is 2.12. The lowest BCUT2D eigenvalue weighted by Gasteiger charge is -2.15. The molecule has 92 valence electrons. The van der Waals surface area contributed by atoms with Gasteiger partial charge in [-0.3, -0.25) is 4.68 Å². The molecule has 16 heavy (non-hydrogen) atoms. The summed E-state index contributed by atoms with van der Waals surface area (Å²) in [7, 11) is 1.94. The lowest BCUT2D eigenvalue weighted by atomic mass is 10.2. The highest BCUT2D eigenvalue weighted by Gasteiger charge is 2.02. The van der Waals surface area contributed by atoms with E-state index in [0.29, 0.717) is 12.0 Å². The Morgan fingerprint density at radius 2 is 2.06 bits per heavy atom. The molecule has 0 fully saturated rings. The van der Waals surface area contributed by atoms with Gasteiger partial charge in [-0.25, -0.2) is 0 Å². The van der Waals surface area contributed by atoms with E-state index >= 15 is 0 Å². The fourth-order valence-electron chi connectivity index (χ4n) is 1.52. The van der Waals surface area contributed by atoms with Gasteiger partial charge in [0.05, 0.1) is 6.20 Å². The molecular formula is C12H24N4. The molecule has 1 aromatic rings. The van der Waals surface area contributed by atoms with Crippen molar-refractivity contribution < 1.29 is 0 Å². The van der Waals surface area contributed by atoms with Crippen LogP contribution in [0.5, 0.6) is 0 Å². The van der Waals surface area contributed by atoms with Crippen LogP contribution in [0.2, 0.25) is 0 Å². The number of nitrogens with one attached hydrogen (secondary N) is 2. The molecule has 1 unspecified atom stereocenters. The first-order valence-corrected chi connectivity index (χ1v) is 5.99. The first-order chi connectivity index (χ1) is 7.58. The van der Waals surface area contributed by atoms with Gasteiger partial charge in [0.15, 0.2) is 0 Å². The molecule has 0 spiro atoms. The molecule has 2 N–H and O–H groups in total. The van der Waals surface area contributed by atoms with Gasteiger partial charge in [0.1, 0.15) is 0 Å². The van der Waals surface area contributed by atoms with Crippen LogP contribution in [0.4, 0.5) is 0 Å². The Labute approximate surface area is 98.4 Å². The minimum atomic E-state index is 0.485.